The molecule has 0 saturated heterocycles. The van der Waals surface area contributed by atoms with Crippen LogP contribution in [0, 0.1) is 0 Å². The Morgan fingerprint density at radius 1 is 1.00 bits per heavy atom. The van der Waals surface area contributed by atoms with Crippen molar-refractivity contribution in [1.82, 2.24) is 0 Å². The first-order valence-electron chi connectivity index (χ1n) is 2.44. The number of hydrogen-bond acceptors (Lipinski definition) is 4. The van der Waals surface area contributed by atoms with Crippen LogP contribution in [0.4, 0.5) is 0 Å². The predicted octanol–water partition coefficient (Wildman–Crippen LogP) is -2.09. The van der Waals surface area contributed by atoms with Crippen LogP contribution < -0.4 is 11.5 Å². The van der Waals surface area contributed by atoms with E-state index >= 15 is 0 Å². The topological polar surface area (TPSA) is 105 Å². The van der Waals surface area contributed by atoms with Gasteiger partial charge < -0.3 is 11.5 Å². The molecule has 6 heteroatoms. The quantitative estimate of drug-likeness (QED) is 0.265. The first-order valence-corrected chi connectivity index (χ1v) is 2.44. The summed E-state index contributed by atoms with van der Waals surface area (Å²) in [5, 5.41) is 0. The SMILES string of the molecule is NC(=O)COOCC(N)=O. The van der Waals surface area contributed by atoms with Gasteiger partial charge in [-0.25, -0.2) is 9.78 Å². The number of hydrogen-bond donors (Lipinski definition) is 2. The van der Waals surface area contributed by atoms with Crippen LogP contribution in [-0.2, 0) is 19.4 Å². The summed E-state index contributed by atoms with van der Waals surface area (Å²) in [6, 6.07) is 0. The lowest BCUT2D eigenvalue weighted by molar-refractivity contribution is -0.283. The normalized spacial score (nSPS) is 9.20. The van der Waals surface area contributed by atoms with Gasteiger partial charge >= 0.3 is 0 Å². The second-order valence-corrected chi connectivity index (χ2v) is 1.46. The van der Waals surface area contributed by atoms with E-state index in [9.17, 15) is 9.59 Å². The molecule has 2 amide bonds. The molecule has 4 N–H and O–H groups in total. The van der Waals surface area contributed by atoms with Crippen LogP contribution in [0.2, 0.25) is 0 Å². The minimum Gasteiger partial charge on any atom is -0.368 e. The van der Waals surface area contributed by atoms with Crippen molar-refractivity contribution in [3.8, 4) is 0 Å². The minimum atomic E-state index is -0.676. The molecular formula is C4H8N2O4. The molecule has 0 aromatic carbocycles. The maximum atomic E-state index is 9.95. The van der Waals surface area contributed by atoms with Crippen LogP contribution >= 0.6 is 0 Å². The van der Waals surface area contributed by atoms with Crippen LogP contribution in [0.1, 0.15) is 0 Å². The number of carbonyl (C=O) groups excluding carboxylic acids is 2. The molecule has 0 atom stereocenters. The Morgan fingerprint density at radius 3 is 1.50 bits per heavy atom. The predicted molar refractivity (Wildman–Crippen MR) is 30.3 cm³/mol. The molecule has 0 fully saturated rings. The van der Waals surface area contributed by atoms with E-state index in [2.05, 4.69) is 21.2 Å². The van der Waals surface area contributed by atoms with Crippen molar-refractivity contribution in [2.24, 2.45) is 11.5 Å². The van der Waals surface area contributed by atoms with Gasteiger partial charge in [0.1, 0.15) is 0 Å². The van der Waals surface area contributed by atoms with Gasteiger partial charge in [0.25, 0.3) is 0 Å². The fourth-order valence-electron chi connectivity index (χ4n) is 0.199. The monoisotopic (exact) mass is 148 g/mol. The fraction of sp³-hybridized carbons (Fsp3) is 0.500. The summed E-state index contributed by atoms with van der Waals surface area (Å²) >= 11 is 0. The summed E-state index contributed by atoms with van der Waals surface area (Å²) in [6.45, 7) is -0.763. The van der Waals surface area contributed by atoms with Gasteiger partial charge in [0, 0.05) is 0 Å². The minimum absolute atomic E-state index is 0.382. The van der Waals surface area contributed by atoms with E-state index < -0.39 is 11.8 Å². The summed E-state index contributed by atoms with van der Waals surface area (Å²) in [5.41, 5.74) is 9.30. The Bertz CT molecular complexity index is 119. The van der Waals surface area contributed by atoms with Gasteiger partial charge in [0.15, 0.2) is 13.2 Å². The largest absolute Gasteiger partial charge is 0.368 e. The van der Waals surface area contributed by atoms with Crippen LogP contribution in [-0.4, -0.2) is 25.0 Å². The van der Waals surface area contributed by atoms with Gasteiger partial charge in [-0.2, -0.15) is 0 Å². The smallest absolute Gasteiger partial charge is 0.246 e. The first-order chi connectivity index (χ1) is 4.63. The molecular weight excluding hydrogens is 140 g/mol. The second kappa shape index (κ2) is 4.71. The zero-order valence-corrected chi connectivity index (χ0v) is 5.20. The summed E-state index contributed by atoms with van der Waals surface area (Å²) in [4.78, 5) is 28.2. The van der Waals surface area contributed by atoms with Crippen molar-refractivity contribution in [2.45, 2.75) is 0 Å². The van der Waals surface area contributed by atoms with Crippen molar-refractivity contribution in [3.63, 3.8) is 0 Å². The molecule has 0 aromatic heterocycles. The van der Waals surface area contributed by atoms with E-state index in [4.69, 9.17) is 0 Å². The molecule has 0 unspecified atom stereocenters. The van der Waals surface area contributed by atoms with E-state index in [1.54, 1.807) is 0 Å². The van der Waals surface area contributed by atoms with Crippen molar-refractivity contribution < 1.29 is 19.4 Å². The molecule has 58 valence electrons. The molecule has 0 aliphatic rings. The lowest BCUT2D eigenvalue weighted by atomic mass is 10.7. The molecule has 0 radical (unpaired) electrons. The maximum Gasteiger partial charge on any atom is 0.246 e. The summed E-state index contributed by atoms with van der Waals surface area (Å²) in [5.74, 6) is -1.35. The molecule has 0 rings (SSSR count). The van der Waals surface area contributed by atoms with Crippen molar-refractivity contribution in [3.05, 3.63) is 0 Å². The molecule has 0 aliphatic heterocycles. The fourth-order valence-corrected chi connectivity index (χ4v) is 0.199. The van der Waals surface area contributed by atoms with Crippen LogP contribution in [0.3, 0.4) is 0 Å². The third-order valence-electron chi connectivity index (χ3n) is 0.486. The van der Waals surface area contributed by atoms with Gasteiger partial charge in [-0.3, -0.25) is 9.59 Å². The van der Waals surface area contributed by atoms with E-state index in [0.717, 1.165) is 0 Å². The Balaban J connectivity index is 3.06. The van der Waals surface area contributed by atoms with Gasteiger partial charge in [-0.15, -0.1) is 0 Å². The second-order valence-electron chi connectivity index (χ2n) is 1.46. The zero-order chi connectivity index (χ0) is 7.98. The average molecular weight is 148 g/mol. The van der Waals surface area contributed by atoms with E-state index in [1.165, 1.54) is 0 Å². The average Bonchev–Trinajstić information content (AvgIpc) is 1.79. The molecule has 0 bridgehead atoms. The number of nitrogens with two attached hydrogens (primary N) is 2. The number of primary amides is 2. The summed E-state index contributed by atoms with van der Waals surface area (Å²) in [6.07, 6.45) is 0. The van der Waals surface area contributed by atoms with E-state index in [1.807, 2.05) is 0 Å². The third kappa shape index (κ3) is 6.86. The van der Waals surface area contributed by atoms with Gasteiger partial charge in [-0.05, 0) is 0 Å². The van der Waals surface area contributed by atoms with Gasteiger partial charge in [0.05, 0.1) is 0 Å². The third-order valence-corrected chi connectivity index (χ3v) is 0.486. The molecule has 10 heavy (non-hydrogen) atoms. The highest BCUT2D eigenvalue weighted by Gasteiger charge is 1.96. The first kappa shape index (κ1) is 8.86. The van der Waals surface area contributed by atoms with Crippen molar-refractivity contribution in [2.75, 3.05) is 13.2 Å². The number of rotatable bonds is 5. The lowest BCUT2D eigenvalue weighted by Crippen LogP contribution is -2.22. The number of amides is 2. The number of carbonyl (C=O) groups is 2. The lowest BCUT2D eigenvalue weighted by Gasteiger charge is -1.96. The maximum absolute atomic E-state index is 9.95. The highest BCUT2D eigenvalue weighted by Crippen LogP contribution is 1.75. The molecule has 6 nitrogen and oxygen atoms in total. The molecule has 0 heterocycles. The molecule has 0 saturated carbocycles. The zero-order valence-electron chi connectivity index (χ0n) is 5.20. The Morgan fingerprint density at radius 2 is 1.30 bits per heavy atom. The summed E-state index contributed by atoms with van der Waals surface area (Å²) in [7, 11) is 0. The van der Waals surface area contributed by atoms with Crippen LogP contribution in [0.5, 0.6) is 0 Å². The Labute approximate surface area is 57.0 Å². The Hall–Kier alpha value is -1.14. The summed E-state index contributed by atoms with van der Waals surface area (Å²) < 4.78 is 0. The standard InChI is InChI=1S/C4H8N2O4/c5-3(7)1-9-10-2-4(6)8/h1-2H2,(H2,5,7)(H2,6,8). The van der Waals surface area contributed by atoms with Gasteiger partial charge in [-0.1, -0.05) is 0 Å². The van der Waals surface area contributed by atoms with E-state index in [0.29, 0.717) is 0 Å². The Kier molecular flexibility index (Phi) is 4.17. The molecule has 0 aromatic rings. The van der Waals surface area contributed by atoms with Crippen molar-refractivity contribution in [1.29, 1.82) is 0 Å². The van der Waals surface area contributed by atoms with Crippen molar-refractivity contribution >= 4 is 11.8 Å². The highest BCUT2D eigenvalue weighted by atomic mass is 17.2. The van der Waals surface area contributed by atoms with E-state index in [-0.39, 0.29) is 13.2 Å². The van der Waals surface area contributed by atoms with Crippen LogP contribution in [0.15, 0.2) is 0 Å². The van der Waals surface area contributed by atoms with Gasteiger partial charge in [0.2, 0.25) is 11.8 Å². The van der Waals surface area contributed by atoms with Crippen LogP contribution in [0.25, 0.3) is 0 Å². The highest BCUT2D eigenvalue weighted by molar-refractivity contribution is 5.75. The molecule has 0 aliphatic carbocycles. The molecule has 0 spiro atoms.